The second-order valence-corrected chi connectivity index (χ2v) is 6.51. The summed E-state index contributed by atoms with van der Waals surface area (Å²) < 4.78 is 43.7. The van der Waals surface area contributed by atoms with Crippen LogP contribution in [0.25, 0.3) is 0 Å². The normalized spacial score (nSPS) is 13.6. The molecule has 0 fully saturated rings. The smallest absolute Gasteiger partial charge is 0.417 e. The van der Waals surface area contributed by atoms with Crippen molar-refractivity contribution < 1.29 is 27.5 Å². The Morgan fingerprint density at radius 3 is 2.17 bits per heavy atom. The molecule has 0 N–H and O–H groups in total. The van der Waals surface area contributed by atoms with E-state index in [4.69, 9.17) is 16.3 Å². The van der Waals surface area contributed by atoms with Crippen LogP contribution >= 0.6 is 11.6 Å². The maximum absolute atomic E-state index is 12.7. The average molecular weight is 419 g/mol. The van der Waals surface area contributed by atoms with E-state index in [-0.39, 0.29) is 33.5 Å². The first kappa shape index (κ1) is 18.9. The molecule has 0 unspecified atom stereocenters. The third-order valence-electron chi connectivity index (χ3n) is 4.22. The fourth-order valence-corrected chi connectivity index (χ4v) is 3.08. The Morgan fingerprint density at radius 1 is 0.931 bits per heavy atom. The average Bonchev–Trinajstić information content (AvgIpc) is 2.94. The number of nitrogens with zero attached hydrogens (tertiary/aromatic N) is 2. The van der Waals surface area contributed by atoms with Gasteiger partial charge in [0.25, 0.3) is 11.8 Å². The van der Waals surface area contributed by atoms with Gasteiger partial charge in [0.2, 0.25) is 5.88 Å². The maximum atomic E-state index is 12.7. The first-order valence-corrected chi connectivity index (χ1v) is 8.62. The number of carbonyl (C=O) groups is 2. The van der Waals surface area contributed by atoms with Crippen molar-refractivity contribution in [2.75, 3.05) is 4.90 Å². The van der Waals surface area contributed by atoms with Crippen molar-refractivity contribution >= 4 is 29.1 Å². The van der Waals surface area contributed by atoms with Gasteiger partial charge in [-0.15, -0.1) is 0 Å². The molecule has 0 saturated heterocycles. The molecule has 0 aliphatic carbocycles. The molecule has 9 heteroatoms. The molecule has 5 nitrogen and oxygen atoms in total. The van der Waals surface area contributed by atoms with Crippen molar-refractivity contribution in [3.63, 3.8) is 0 Å². The molecule has 2 amide bonds. The summed E-state index contributed by atoms with van der Waals surface area (Å²) in [5.41, 5.74) is -0.182. The van der Waals surface area contributed by atoms with Crippen molar-refractivity contribution in [1.82, 2.24) is 4.98 Å². The van der Waals surface area contributed by atoms with Crippen LogP contribution in [-0.4, -0.2) is 16.8 Å². The Morgan fingerprint density at radius 2 is 1.59 bits per heavy atom. The van der Waals surface area contributed by atoms with Crippen LogP contribution in [0.4, 0.5) is 18.9 Å². The monoisotopic (exact) mass is 418 g/mol. The van der Waals surface area contributed by atoms with Crippen molar-refractivity contribution in [2.24, 2.45) is 0 Å². The second-order valence-electron chi connectivity index (χ2n) is 6.10. The number of hydrogen-bond donors (Lipinski definition) is 0. The Bertz CT molecular complexity index is 1110. The summed E-state index contributed by atoms with van der Waals surface area (Å²) in [5, 5.41) is -0.328. The quantitative estimate of drug-likeness (QED) is 0.538. The summed E-state index contributed by atoms with van der Waals surface area (Å²) in [6.45, 7) is 0. The zero-order valence-electron chi connectivity index (χ0n) is 14.4. The standard InChI is InChI=1S/C20H10ClF3N2O3/c21-16-8-11(20(22,23)24)10-25-17(16)29-13-5-3-4-12(9-13)26-18(27)14-6-1-2-7-15(14)19(26)28/h1-10H. The second kappa shape index (κ2) is 6.89. The van der Waals surface area contributed by atoms with Gasteiger partial charge in [-0.2, -0.15) is 13.2 Å². The van der Waals surface area contributed by atoms with E-state index in [1.165, 1.54) is 24.3 Å². The number of pyridine rings is 1. The SMILES string of the molecule is O=C1c2ccccc2C(=O)N1c1cccc(Oc2ncc(C(F)(F)F)cc2Cl)c1. The molecule has 0 radical (unpaired) electrons. The van der Waals surface area contributed by atoms with Gasteiger partial charge in [0, 0.05) is 12.3 Å². The van der Waals surface area contributed by atoms with Crippen LogP contribution in [0.2, 0.25) is 5.02 Å². The molecule has 1 aliphatic heterocycles. The lowest BCUT2D eigenvalue weighted by atomic mass is 10.1. The number of imide groups is 1. The van der Waals surface area contributed by atoms with Crippen molar-refractivity contribution in [3.05, 3.63) is 82.5 Å². The van der Waals surface area contributed by atoms with Crippen LogP contribution < -0.4 is 9.64 Å². The molecular formula is C20H10ClF3N2O3. The molecule has 146 valence electrons. The molecule has 1 aliphatic rings. The molecule has 4 rings (SSSR count). The lowest BCUT2D eigenvalue weighted by molar-refractivity contribution is -0.137. The molecule has 2 heterocycles. The molecule has 0 atom stereocenters. The van der Waals surface area contributed by atoms with E-state index >= 15 is 0 Å². The third-order valence-corrected chi connectivity index (χ3v) is 4.49. The number of ether oxygens (including phenoxy) is 1. The van der Waals surface area contributed by atoms with Crippen LogP contribution in [0.5, 0.6) is 11.6 Å². The van der Waals surface area contributed by atoms with Gasteiger partial charge < -0.3 is 4.74 Å². The molecule has 0 spiro atoms. The molecule has 0 saturated carbocycles. The van der Waals surface area contributed by atoms with Crippen LogP contribution in [0, 0.1) is 0 Å². The van der Waals surface area contributed by atoms with Gasteiger partial charge >= 0.3 is 6.18 Å². The fourth-order valence-electron chi connectivity index (χ4n) is 2.88. The summed E-state index contributed by atoms with van der Waals surface area (Å²) in [4.78, 5) is 29.8. The van der Waals surface area contributed by atoms with Gasteiger partial charge in [-0.25, -0.2) is 9.88 Å². The zero-order chi connectivity index (χ0) is 20.8. The molecule has 0 bridgehead atoms. The number of rotatable bonds is 3. The van der Waals surface area contributed by atoms with E-state index in [1.807, 2.05) is 0 Å². The van der Waals surface area contributed by atoms with Gasteiger partial charge in [-0.05, 0) is 30.3 Å². The van der Waals surface area contributed by atoms with Gasteiger partial charge in [0.1, 0.15) is 10.8 Å². The minimum absolute atomic E-state index is 0.146. The Kier molecular flexibility index (Phi) is 4.50. The fraction of sp³-hybridized carbons (Fsp3) is 0.0500. The van der Waals surface area contributed by atoms with E-state index < -0.39 is 23.6 Å². The van der Waals surface area contributed by atoms with Gasteiger partial charge in [-0.3, -0.25) is 9.59 Å². The molecule has 1 aromatic heterocycles. The Hall–Kier alpha value is -3.39. The number of hydrogen-bond acceptors (Lipinski definition) is 4. The summed E-state index contributed by atoms with van der Waals surface area (Å²) >= 11 is 5.85. The zero-order valence-corrected chi connectivity index (χ0v) is 15.2. The highest BCUT2D eigenvalue weighted by molar-refractivity contribution is 6.34. The number of carbonyl (C=O) groups excluding carboxylic acids is 2. The highest BCUT2D eigenvalue weighted by Crippen LogP contribution is 2.36. The van der Waals surface area contributed by atoms with Crippen LogP contribution in [-0.2, 0) is 6.18 Å². The number of halogens is 4. The molecule has 29 heavy (non-hydrogen) atoms. The first-order chi connectivity index (χ1) is 13.8. The molecule has 2 aromatic carbocycles. The highest BCUT2D eigenvalue weighted by Gasteiger charge is 2.36. The summed E-state index contributed by atoms with van der Waals surface area (Å²) in [7, 11) is 0. The van der Waals surface area contributed by atoms with E-state index in [0.29, 0.717) is 12.3 Å². The lowest BCUT2D eigenvalue weighted by Crippen LogP contribution is -2.29. The Labute approximate surface area is 167 Å². The lowest BCUT2D eigenvalue weighted by Gasteiger charge is -2.15. The topological polar surface area (TPSA) is 59.5 Å². The summed E-state index contributed by atoms with van der Waals surface area (Å²) in [6, 6.07) is 13.1. The van der Waals surface area contributed by atoms with Gasteiger partial charge in [0.15, 0.2) is 0 Å². The van der Waals surface area contributed by atoms with E-state index in [1.54, 1.807) is 24.3 Å². The number of aromatic nitrogens is 1. The van der Waals surface area contributed by atoms with Crippen molar-refractivity contribution in [3.8, 4) is 11.6 Å². The van der Waals surface area contributed by atoms with Crippen LogP contribution in [0.3, 0.4) is 0 Å². The molecule has 3 aromatic rings. The van der Waals surface area contributed by atoms with E-state index in [2.05, 4.69) is 4.98 Å². The summed E-state index contributed by atoms with van der Waals surface area (Å²) in [5.74, 6) is -1.05. The number of fused-ring (bicyclic) bond motifs is 1. The van der Waals surface area contributed by atoms with Crippen molar-refractivity contribution in [2.45, 2.75) is 6.18 Å². The first-order valence-electron chi connectivity index (χ1n) is 8.24. The van der Waals surface area contributed by atoms with Crippen LogP contribution in [0.15, 0.2) is 60.8 Å². The maximum Gasteiger partial charge on any atom is 0.417 e. The van der Waals surface area contributed by atoms with E-state index in [0.717, 1.165) is 4.90 Å². The van der Waals surface area contributed by atoms with Gasteiger partial charge in [-0.1, -0.05) is 29.8 Å². The van der Waals surface area contributed by atoms with E-state index in [9.17, 15) is 22.8 Å². The van der Waals surface area contributed by atoms with Crippen molar-refractivity contribution in [1.29, 1.82) is 0 Å². The largest absolute Gasteiger partial charge is 0.437 e. The number of alkyl halides is 3. The van der Waals surface area contributed by atoms with Gasteiger partial charge in [0.05, 0.1) is 22.4 Å². The Balaban J connectivity index is 1.63. The minimum Gasteiger partial charge on any atom is -0.437 e. The highest BCUT2D eigenvalue weighted by atomic mass is 35.5. The van der Waals surface area contributed by atoms with Crippen LogP contribution in [0.1, 0.15) is 26.3 Å². The number of amides is 2. The predicted octanol–water partition coefficient (Wildman–Crippen LogP) is 5.35. The predicted molar refractivity (Wildman–Crippen MR) is 98.3 cm³/mol. The number of benzene rings is 2. The minimum atomic E-state index is -4.58. The third kappa shape index (κ3) is 3.42. The molecular weight excluding hydrogens is 409 g/mol. The number of anilines is 1. The summed E-state index contributed by atoms with van der Waals surface area (Å²) in [6.07, 6.45) is -3.98.